The SMILES string of the molecule is COc1ccc(-c2ncc(CC(F)C(=O)O)s2)cc1. The Morgan fingerprint density at radius 1 is 1.47 bits per heavy atom. The summed E-state index contributed by atoms with van der Waals surface area (Å²) in [4.78, 5) is 15.2. The highest BCUT2D eigenvalue weighted by Gasteiger charge is 2.18. The van der Waals surface area contributed by atoms with E-state index in [0.29, 0.717) is 4.88 Å². The van der Waals surface area contributed by atoms with Gasteiger partial charge >= 0.3 is 5.97 Å². The second-order valence-electron chi connectivity index (χ2n) is 3.87. The summed E-state index contributed by atoms with van der Waals surface area (Å²) in [5, 5.41) is 9.25. The largest absolute Gasteiger partial charge is 0.497 e. The lowest BCUT2D eigenvalue weighted by molar-refractivity contribution is -0.142. The molecular weight excluding hydrogens is 269 g/mol. The average Bonchev–Trinajstić information content (AvgIpc) is 2.87. The fourth-order valence-corrected chi connectivity index (χ4v) is 2.48. The molecule has 0 saturated heterocycles. The minimum Gasteiger partial charge on any atom is -0.497 e. The molecule has 6 heteroatoms. The Bertz CT molecular complexity index is 568. The van der Waals surface area contributed by atoms with E-state index in [1.54, 1.807) is 7.11 Å². The van der Waals surface area contributed by atoms with Gasteiger partial charge in [0.1, 0.15) is 10.8 Å². The van der Waals surface area contributed by atoms with E-state index < -0.39 is 12.1 Å². The summed E-state index contributed by atoms with van der Waals surface area (Å²) in [6.07, 6.45) is -0.521. The number of rotatable bonds is 5. The van der Waals surface area contributed by atoms with E-state index in [-0.39, 0.29) is 6.42 Å². The van der Waals surface area contributed by atoms with Gasteiger partial charge in [0, 0.05) is 23.1 Å². The summed E-state index contributed by atoms with van der Waals surface area (Å²) in [7, 11) is 1.59. The van der Waals surface area contributed by atoms with Crippen LogP contribution in [0.4, 0.5) is 4.39 Å². The number of nitrogens with zero attached hydrogens (tertiary/aromatic N) is 1. The molecule has 1 N–H and O–H groups in total. The number of hydrogen-bond donors (Lipinski definition) is 1. The highest BCUT2D eigenvalue weighted by molar-refractivity contribution is 7.15. The zero-order valence-corrected chi connectivity index (χ0v) is 11.0. The van der Waals surface area contributed by atoms with Crippen molar-refractivity contribution in [3.05, 3.63) is 35.3 Å². The monoisotopic (exact) mass is 281 g/mol. The summed E-state index contributed by atoms with van der Waals surface area (Å²) in [5.74, 6) is -0.699. The van der Waals surface area contributed by atoms with E-state index in [0.717, 1.165) is 16.3 Å². The van der Waals surface area contributed by atoms with Crippen molar-refractivity contribution < 1.29 is 19.0 Å². The van der Waals surface area contributed by atoms with Crippen LogP contribution < -0.4 is 4.74 Å². The van der Waals surface area contributed by atoms with E-state index in [4.69, 9.17) is 9.84 Å². The summed E-state index contributed by atoms with van der Waals surface area (Å²) >= 11 is 1.29. The first-order valence-electron chi connectivity index (χ1n) is 5.56. The zero-order chi connectivity index (χ0) is 13.8. The molecule has 1 aromatic carbocycles. The Labute approximate surface area is 113 Å². The van der Waals surface area contributed by atoms with Crippen molar-refractivity contribution in [1.29, 1.82) is 0 Å². The molecule has 2 aromatic rings. The molecule has 0 spiro atoms. The summed E-state index contributed by atoms with van der Waals surface area (Å²) in [6, 6.07) is 7.33. The van der Waals surface area contributed by atoms with Crippen molar-refractivity contribution in [2.75, 3.05) is 7.11 Å². The molecule has 1 atom stereocenters. The van der Waals surface area contributed by atoms with Crippen LogP contribution in [0.2, 0.25) is 0 Å². The lowest BCUT2D eigenvalue weighted by Crippen LogP contribution is -2.16. The number of methoxy groups -OCH3 is 1. The molecule has 0 radical (unpaired) electrons. The first-order valence-corrected chi connectivity index (χ1v) is 6.38. The Balaban J connectivity index is 2.13. The van der Waals surface area contributed by atoms with Crippen LogP contribution in [0.25, 0.3) is 10.6 Å². The van der Waals surface area contributed by atoms with Crippen molar-refractivity contribution >= 4 is 17.3 Å². The zero-order valence-electron chi connectivity index (χ0n) is 10.2. The van der Waals surface area contributed by atoms with E-state index >= 15 is 0 Å². The van der Waals surface area contributed by atoms with E-state index in [2.05, 4.69) is 4.98 Å². The lowest BCUT2D eigenvalue weighted by Gasteiger charge is -2.00. The molecule has 1 unspecified atom stereocenters. The Morgan fingerprint density at radius 2 is 2.16 bits per heavy atom. The van der Waals surface area contributed by atoms with Crippen molar-refractivity contribution in [3.63, 3.8) is 0 Å². The maximum atomic E-state index is 13.1. The van der Waals surface area contributed by atoms with Crippen molar-refractivity contribution in [2.24, 2.45) is 0 Å². The fraction of sp³-hybridized carbons (Fsp3) is 0.231. The number of aromatic nitrogens is 1. The van der Waals surface area contributed by atoms with Gasteiger partial charge in [-0.25, -0.2) is 14.2 Å². The molecule has 0 amide bonds. The smallest absolute Gasteiger partial charge is 0.338 e. The van der Waals surface area contributed by atoms with Crippen LogP contribution in [0.15, 0.2) is 30.5 Å². The number of ether oxygens (including phenoxy) is 1. The van der Waals surface area contributed by atoms with Crippen molar-refractivity contribution in [2.45, 2.75) is 12.6 Å². The molecule has 100 valence electrons. The topological polar surface area (TPSA) is 59.4 Å². The molecule has 0 bridgehead atoms. The number of carboxylic acid groups (broad SMARTS) is 1. The second kappa shape index (κ2) is 5.79. The van der Waals surface area contributed by atoms with Gasteiger partial charge in [0.15, 0.2) is 0 Å². The second-order valence-corrected chi connectivity index (χ2v) is 4.99. The molecular formula is C13H12FNO3S. The predicted octanol–water partition coefficient (Wildman–Crippen LogP) is 2.78. The van der Waals surface area contributed by atoms with Crippen molar-refractivity contribution in [1.82, 2.24) is 4.98 Å². The van der Waals surface area contributed by atoms with Crippen LogP contribution in [0.3, 0.4) is 0 Å². The first kappa shape index (κ1) is 13.5. The Kier molecular flexibility index (Phi) is 4.11. The van der Waals surface area contributed by atoms with Gasteiger partial charge in [-0.05, 0) is 24.3 Å². The average molecular weight is 281 g/mol. The molecule has 1 heterocycles. The van der Waals surface area contributed by atoms with Gasteiger partial charge in [0.25, 0.3) is 0 Å². The number of alkyl halides is 1. The summed E-state index contributed by atoms with van der Waals surface area (Å²) in [5.41, 5.74) is 0.891. The molecule has 0 saturated carbocycles. The molecule has 0 fully saturated rings. The van der Waals surface area contributed by atoms with Gasteiger partial charge in [0.05, 0.1) is 7.11 Å². The lowest BCUT2D eigenvalue weighted by atomic mass is 10.2. The number of thiazole rings is 1. The molecule has 2 rings (SSSR count). The van der Waals surface area contributed by atoms with Gasteiger partial charge in [-0.2, -0.15) is 0 Å². The Morgan fingerprint density at radius 3 is 2.74 bits per heavy atom. The van der Waals surface area contributed by atoms with Gasteiger partial charge in [-0.3, -0.25) is 0 Å². The third kappa shape index (κ3) is 3.29. The highest BCUT2D eigenvalue weighted by Crippen LogP contribution is 2.27. The third-order valence-corrected chi connectivity index (χ3v) is 3.61. The minimum absolute atomic E-state index is 0.150. The number of hydrogen-bond acceptors (Lipinski definition) is 4. The number of aliphatic carboxylic acids is 1. The van der Waals surface area contributed by atoms with Gasteiger partial charge in [0.2, 0.25) is 6.17 Å². The van der Waals surface area contributed by atoms with Gasteiger partial charge < -0.3 is 9.84 Å². The van der Waals surface area contributed by atoms with E-state index in [1.165, 1.54) is 17.5 Å². The van der Waals surface area contributed by atoms with Crippen LogP contribution in [0.1, 0.15) is 4.88 Å². The highest BCUT2D eigenvalue weighted by atomic mass is 32.1. The molecule has 0 aliphatic carbocycles. The van der Waals surface area contributed by atoms with Crippen molar-refractivity contribution in [3.8, 4) is 16.3 Å². The molecule has 1 aromatic heterocycles. The number of carboxylic acids is 1. The van der Waals surface area contributed by atoms with Crippen LogP contribution in [-0.2, 0) is 11.2 Å². The fourth-order valence-electron chi connectivity index (χ4n) is 1.53. The molecule has 4 nitrogen and oxygen atoms in total. The molecule has 19 heavy (non-hydrogen) atoms. The van der Waals surface area contributed by atoms with E-state index in [1.807, 2.05) is 24.3 Å². The van der Waals surface area contributed by atoms with E-state index in [9.17, 15) is 9.18 Å². The quantitative estimate of drug-likeness (QED) is 0.915. The number of halogens is 1. The maximum Gasteiger partial charge on any atom is 0.338 e. The Hall–Kier alpha value is -1.95. The number of benzene rings is 1. The van der Waals surface area contributed by atoms with Crippen LogP contribution in [0.5, 0.6) is 5.75 Å². The first-order chi connectivity index (χ1) is 9.10. The van der Waals surface area contributed by atoms with Crippen LogP contribution in [0, 0.1) is 0 Å². The van der Waals surface area contributed by atoms with Crippen LogP contribution >= 0.6 is 11.3 Å². The molecule has 0 aliphatic rings. The van der Waals surface area contributed by atoms with Gasteiger partial charge in [-0.1, -0.05) is 0 Å². The minimum atomic E-state index is -1.89. The van der Waals surface area contributed by atoms with Crippen LogP contribution in [-0.4, -0.2) is 29.3 Å². The third-order valence-electron chi connectivity index (χ3n) is 2.54. The predicted molar refractivity (Wildman–Crippen MR) is 70.3 cm³/mol. The summed E-state index contributed by atoms with van der Waals surface area (Å²) < 4.78 is 18.1. The summed E-state index contributed by atoms with van der Waals surface area (Å²) in [6.45, 7) is 0. The molecule has 0 aliphatic heterocycles. The van der Waals surface area contributed by atoms with Gasteiger partial charge in [-0.15, -0.1) is 11.3 Å². The maximum absolute atomic E-state index is 13.1. The number of carbonyl (C=O) groups is 1. The standard InChI is InChI=1S/C13H12FNO3S/c1-18-9-4-2-8(3-5-9)12-15-7-10(19-12)6-11(14)13(16)17/h2-5,7,11H,6H2,1H3,(H,16,17). The normalized spacial score (nSPS) is 12.1.